The van der Waals surface area contributed by atoms with Crippen LogP contribution >= 0.6 is 23.2 Å². The van der Waals surface area contributed by atoms with Gasteiger partial charge in [-0.15, -0.1) is 0 Å². The maximum Gasteiger partial charge on any atom is 0.475 e. The Bertz CT molecular complexity index is 915. The van der Waals surface area contributed by atoms with Gasteiger partial charge < -0.3 is 20.0 Å². The van der Waals surface area contributed by atoms with Crippen LogP contribution in [0.25, 0.3) is 0 Å². The second-order valence-electron chi connectivity index (χ2n) is 8.96. The lowest BCUT2D eigenvalue weighted by atomic mass is 9.66. The summed E-state index contributed by atoms with van der Waals surface area (Å²) in [5, 5.41) is 5.88. The van der Waals surface area contributed by atoms with Crippen LogP contribution in [-0.4, -0.2) is 68.3 Å². The van der Waals surface area contributed by atoms with Gasteiger partial charge >= 0.3 is 13.0 Å². The maximum atomic E-state index is 12.8. The molecule has 0 aliphatic rings. The molecule has 1 rings (SSSR count). The standard InChI is InChI=1S/C23H34BCl2N3O6/c1-13(2)10-19(24(35-22(32)14(3)4)29(6)15(5)23(33)34-7)28-20(30)12-27-21(31)17-11-16(25)8-9-18(17)26/h8-9,11,13-15,19H,10,12H2,1-7H3,(H,27,31)(H,28,30)/t15-,19-/m0/s1. The molecule has 0 saturated heterocycles. The van der Waals surface area contributed by atoms with Crippen molar-refractivity contribution in [1.29, 1.82) is 0 Å². The number of amides is 2. The van der Waals surface area contributed by atoms with E-state index in [0.717, 1.165) is 0 Å². The van der Waals surface area contributed by atoms with Crippen LogP contribution < -0.4 is 10.6 Å². The summed E-state index contributed by atoms with van der Waals surface area (Å²) in [7, 11) is 1.93. The van der Waals surface area contributed by atoms with E-state index in [1.165, 1.54) is 19.2 Å². The number of rotatable bonds is 12. The second-order valence-corrected chi connectivity index (χ2v) is 9.80. The van der Waals surface area contributed by atoms with E-state index in [1.807, 2.05) is 13.8 Å². The predicted octanol–water partition coefficient (Wildman–Crippen LogP) is 2.97. The third-order valence-electron chi connectivity index (χ3n) is 5.26. The van der Waals surface area contributed by atoms with Gasteiger partial charge in [0, 0.05) is 10.9 Å². The highest BCUT2D eigenvalue weighted by Crippen LogP contribution is 2.20. The molecule has 0 heterocycles. The summed E-state index contributed by atoms with van der Waals surface area (Å²) in [5.41, 5.74) is 0.140. The second kappa shape index (κ2) is 14.3. The first-order valence-corrected chi connectivity index (χ1v) is 12.1. The number of esters is 1. The molecule has 0 aromatic heterocycles. The first-order valence-electron chi connectivity index (χ1n) is 11.3. The minimum Gasteiger partial charge on any atom is -0.518 e. The third kappa shape index (κ3) is 9.70. The summed E-state index contributed by atoms with van der Waals surface area (Å²) in [4.78, 5) is 51.4. The van der Waals surface area contributed by atoms with Crippen LogP contribution in [-0.2, 0) is 23.8 Å². The predicted molar refractivity (Wildman–Crippen MR) is 136 cm³/mol. The average molecular weight is 530 g/mol. The normalized spacial score (nSPS) is 12.8. The number of nitrogens with one attached hydrogen (secondary N) is 2. The van der Waals surface area contributed by atoms with Gasteiger partial charge in [-0.25, -0.2) is 0 Å². The number of ether oxygens (including phenoxy) is 1. The minimum atomic E-state index is -0.955. The van der Waals surface area contributed by atoms with E-state index in [9.17, 15) is 19.2 Å². The molecule has 1 aromatic rings. The molecule has 0 spiro atoms. The summed E-state index contributed by atoms with van der Waals surface area (Å²) in [5.74, 6) is -3.05. The summed E-state index contributed by atoms with van der Waals surface area (Å²) in [6.07, 6.45) is 0.439. The van der Waals surface area contributed by atoms with Crippen molar-refractivity contribution in [1.82, 2.24) is 15.4 Å². The van der Waals surface area contributed by atoms with Gasteiger partial charge in [0.15, 0.2) is 0 Å². The molecule has 2 amide bonds. The number of methoxy groups -OCH3 is 1. The van der Waals surface area contributed by atoms with Crippen molar-refractivity contribution in [2.24, 2.45) is 11.8 Å². The summed E-state index contributed by atoms with van der Waals surface area (Å²) in [6, 6.07) is 3.70. The van der Waals surface area contributed by atoms with Gasteiger partial charge in [-0.05, 0) is 44.5 Å². The number of likely N-dealkylation sites (N-methyl/N-ethyl adjacent to an activating group) is 1. The van der Waals surface area contributed by atoms with Crippen LogP contribution in [0.15, 0.2) is 18.2 Å². The highest BCUT2D eigenvalue weighted by molar-refractivity contribution is 6.53. The highest BCUT2D eigenvalue weighted by Gasteiger charge is 2.41. The molecule has 2 atom stereocenters. The van der Waals surface area contributed by atoms with Gasteiger partial charge in [0.25, 0.3) is 11.9 Å². The van der Waals surface area contributed by atoms with Crippen molar-refractivity contribution >= 4 is 54.0 Å². The first kappa shape index (κ1) is 30.7. The van der Waals surface area contributed by atoms with Gasteiger partial charge in [0.05, 0.1) is 36.2 Å². The number of carbonyl (C=O) groups is 4. The third-order valence-corrected chi connectivity index (χ3v) is 5.83. The molecular formula is C23H34BCl2N3O6. The van der Waals surface area contributed by atoms with Crippen LogP contribution in [0.3, 0.4) is 0 Å². The minimum absolute atomic E-state index is 0.113. The topological polar surface area (TPSA) is 114 Å². The number of hydrogen-bond donors (Lipinski definition) is 2. The zero-order valence-electron chi connectivity index (χ0n) is 21.2. The van der Waals surface area contributed by atoms with E-state index in [2.05, 4.69) is 10.6 Å². The zero-order valence-corrected chi connectivity index (χ0v) is 22.7. The fraction of sp³-hybridized carbons (Fsp3) is 0.565. The fourth-order valence-electron chi connectivity index (χ4n) is 3.20. The zero-order chi connectivity index (χ0) is 26.9. The van der Waals surface area contributed by atoms with Gasteiger partial charge in [-0.2, -0.15) is 0 Å². The molecule has 0 aliphatic heterocycles. The molecule has 0 bridgehead atoms. The fourth-order valence-corrected chi connectivity index (χ4v) is 3.58. The number of nitrogens with zero attached hydrogens (tertiary/aromatic N) is 1. The average Bonchev–Trinajstić information content (AvgIpc) is 2.79. The molecule has 0 saturated carbocycles. The Morgan fingerprint density at radius 3 is 2.23 bits per heavy atom. The van der Waals surface area contributed by atoms with E-state index in [4.69, 9.17) is 32.6 Å². The van der Waals surface area contributed by atoms with Crippen LogP contribution in [0.5, 0.6) is 0 Å². The molecule has 35 heavy (non-hydrogen) atoms. The monoisotopic (exact) mass is 529 g/mol. The van der Waals surface area contributed by atoms with Crippen molar-refractivity contribution in [2.75, 3.05) is 20.7 Å². The van der Waals surface area contributed by atoms with Crippen molar-refractivity contribution in [3.8, 4) is 0 Å². The maximum absolute atomic E-state index is 12.8. The Morgan fingerprint density at radius 2 is 1.69 bits per heavy atom. The van der Waals surface area contributed by atoms with E-state index >= 15 is 0 Å². The Hall–Kier alpha value is -2.30. The van der Waals surface area contributed by atoms with Gasteiger partial charge in [-0.1, -0.05) is 50.9 Å². The first-order chi connectivity index (χ1) is 16.3. The number of hydrogen-bond acceptors (Lipinski definition) is 7. The molecule has 0 unspecified atom stereocenters. The molecule has 9 nitrogen and oxygen atoms in total. The SMILES string of the molecule is COC(=O)[C@H](C)N(C)B(OC(=O)C(C)C)[C@H](CC(C)C)NC(=O)CNC(=O)c1cc(Cl)ccc1Cl. The van der Waals surface area contributed by atoms with E-state index < -0.39 is 48.7 Å². The Labute approximate surface area is 217 Å². The molecule has 0 aliphatic carbocycles. The lowest BCUT2D eigenvalue weighted by Gasteiger charge is -2.34. The highest BCUT2D eigenvalue weighted by atomic mass is 35.5. The van der Waals surface area contributed by atoms with E-state index in [0.29, 0.717) is 11.4 Å². The van der Waals surface area contributed by atoms with Gasteiger partial charge in [0.2, 0.25) is 5.91 Å². The summed E-state index contributed by atoms with van der Waals surface area (Å²) < 4.78 is 10.5. The van der Waals surface area contributed by atoms with Gasteiger partial charge in [-0.3, -0.25) is 24.0 Å². The Morgan fingerprint density at radius 1 is 1.06 bits per heavy atom. The lowest BCUT2D eigenvalue weighted by Crippen LogP contribution is -2.61. The quantitative estimate of drug-likeness (QED) is 0.316. The number of benzene rings is 1. The van der Waals surface area contributed by atoms with E-state index in [1.54, 1.807) is 38.7 Å². The smallest absolute Gasteiger partial charge is 0.475 e. The van der Waals surface area contributed by atoms with Crippen LogP contribution in [0.2, 0.25) is 10.0 Å². The summed E-state index contributed by atoms with van der Waals surface area (Å²) >= 11 is 12.0. The van der Waals surface area contributed by atoms with Gasteiger partial charge in [0.1, 0.15) is 0 Å². The van der Waals surface area contributed by atoms with E-state index in [-0.39, 0.29) is 23.0 Å². The van der Waals surface area contributed by atoms with Crippen LogP contribution in [0, 0.1) is 11.8 Å². The summed E-state index contributed by atoms with van der Waals surface area (Å²) in [6.45, 7) is 8.55. The number of carbonyl (C=O) groups excluding carboxylic acids is 4. The molecule has 12 heteroatoms. The van der Waals surface area contributed by atoms with Crippen LogP contribution in [0.4, 0.5) is 0 Å². The van der Waals surface area contributed by atoms with Crippen LogP contribution in [0.1, 0.15) is 51.4 Å². The molecular weight excluding hydrogens is 496 g/mol. The molecule has 2 N–H and O–H groups in total. The molecule has 194 valence electrons. The molecule has 0 radical (unpaired) electrons. The van der Waals surface area contributed by atoms with Crippen molar-refractivity contribution in [2.45, 2.75) is 53.0 Å². The largest absolute Gasteiger partial charge is 0.518 e. The van der Waals surface area contributed by atoms with Crippen molar-refractivity contribution < 1.29 is 28.6 Å². The van der Waals surface area contributed by atoms with Crippen molar-refractivity contribution in [3.63, 3.8) is 0 Å². The molecule has 1 aromatic carbocycles. The Kier molecular flexibility index (Phi) is 12.6. The van der Waals surface area contributed by atoms with Crippen molar-refractivity contribution in [3.05, 3.63) is 33.8 Å². The lowest BCUT2D eigenvalue weighted by molar-refractivity contribution is -0.146. The molecule has 0 fully saturated rings. The Balaban J connectivity index is 3.07. The number of halogens is 2.